The SMILES string of the molecule is COc1ccc(C(=O)N2Cc3ccccc3C(c3ccccc3)c3ccccc32)cc1.COc1ccc2c(c1)CN(C(=O)c1ccc(Cl)cc1)c1ccc(Cl)cc1C2c1ccccc1Cl.COc1cccc2c1C(c1ccccc1Cl)c1cc(Cl)ccc1N(C(=O)c1ccc(Cl)cc1)C2.Cc1ccc(C(=O)N2Cc3ccccc3C(c3ccccc3)c3ccccc32)cc1. The molecular weight excluding hydrogens is 1730 g/mol. The third-order valence-electron chi connectivity index (χ3n) is 24.1. The Morgan fingerprint density at radius 1 is 0.256 bits per heavy atom. The first-order valence-corrected chi connectivity index (χ1v) is 44.5. The fraction of sp³-hybridized carbons (Fsp3) is 0.107. The third kappa shape index (κ3) is 18.6. The molecule has 17 heteroatoms. The molecule has 11 nitrogen and oxygen atoms in total. The van der Waals surface area contributed by atoms with E-state index in [0.717, 1.165) is 107 Å². The van der Waals surface area contributed by atoms with Gasteiger partial charge in [0.1, 0.15) is 17.2 Å². The average molecular weight is 1810 g/mol. The molecule has 0 aromatic heterocycles. The Balaban J connectivity index is 0.000000121. The fourth-order valence-electron chi connectivity index (χ4n) is 18.0. The number of hydrogen-bond acceptors (Lipinski definition) is 7. The molecule has 0 spiro atoms. The second-order valence-electron chi connectivity index (χ2n) is 31.8. The van der Waals surface area contributed by atoms with Gasteiger partial charge < -0.3 is 33.8 Å². The van der Waals surface area contributed by atoms with Crippen molar-refractivity contribution in [2.24, 2.45) is 0 Å². The molecule has 4 aliphatic heterocycles. The smallest absolute Gasteiger partial charge is 0.258 e. The molecule has 0 aliphatic carbocycles. The molecule has 638 valence electrons. The van der Waals surface area contributed by atoms with Crippen LogP contribution in [0, 0.1) is 6.92 Å². The first kappa shape index (κ1) is 87.6. The van der Waals surface area contributed by atoms with Gasteiger partial charge in [-0.25, -0.2) is 0 Å². The highest BCUT2D eigenvalue weighted by molar-refractivity contribution is 6.33. The van der Waals surface area contributed by atoms with E-state index in [2.05, 4.69) is 127 Å². The van der Waals surface area contributed by atoms with Crippen LogP contribution in [0.4, 0.5) is 22.7 Å². The number of carbonyl (C=O) groups is 4. The summed E-state index contributed by atoms with van der Waals surface area (Å²) in [5.74, 6) is 1.61. The summed E-state index contributed by atoms with van der Waals surface area (Å²) in [6.45, 7) is 3.86. The maximum atomic E-state index is 13.8. The first-order chi connectivity index (χ1) is 62.9. The van der Waals surface area contributed by atoms with Gasteiger partial charge in [-0.15, -0.1) is 0 Å². The van der Waals surface area contributed by atoms with Crippen LogP contribution in [-0.4, -0.2) is 45.0 Å². The molecule has 4 aliphatic rings. The van der Waals surface area contributed by atoms with E-state index in [1.165, 1.54) is 27.8 Å². The molecule has 0 saturated heterocycles. The Hall–Kier alpha value is -13.5. The monoisotopic (exact) mass is 1810 g/mol. The first-order valence-electron chi connectivity index (χ1n) is 42.2. The molecule has 4 unspecified atom stereocenters. The molecule has 0 radical (unpaired) electrons. The Labute approximate surface area is 781 Å². The van der Waals surface area contributed by atoms with Gasteiger partial charge in [-0.05, 0) is 254 Å². The van der Waals surface area contributed by atoms with E-state index < -0.39 is 0 Å². The van der Waals surface area contributed by atoms with E-state index in [-0.39, 0.29) is 47.3 Å². The van der Waals surface area contributed by atoms with Gasteiger partial charge in [0, 0.05) is 104 Å². The van der Waals surface area contributed by atoms with Crippen LogP contribution in [0.15, 0.2) is 376 Å². The Morgan fingerprint density at radius 3 is 1.03 bits per heavy atom. The number of ether oxygens (including phenoxy) is 3. The van der Waals surface area contributed by atoms with Crippen molar-refractivity contribution in [3.8, 4) is 17.2 Å². The van der Waals surface area contributed by atoms with E-state index in [4.69, 9.17) is 83.8 Å². The average Bonchev–Trinajstić information content (AvgIpc) is 1.64. The third-order valence-corrected chi connectivity index (χ3v) is 25.8. The Morgan fingerprint density at radius 2 is 0.589 bits per heavy atom. The summed E-state index contributed by atoms with van der Waals surface area (Å²) in [7, 11) is 4.91. The highest BCUT2D eigenvalue weighted by Crippen LogP contribution is 2.52. The lowest BCUT2D eigenvalue weighted by molar-refractivity contribution is 0.0977. The summed E-state index contributed by atoms with van der Waals surface area (Å²) in [6.07, 6.45) is 0. The molecule has 0 saturated carbocycles. The standard InChI is InChI=1S/2C28H20Cl3NO2.C28H23NO2.C28H23NO/c1-34-25-8-4-5-18-16-32(28(33)17-9-11-19(29)12-10-17)24-14-13-20(30)15-22(24)27(26(18)25)21-6-2-3-7-23(21)31;1-34-21-11-12-22-18(14-21)16-32(28(33)17-6-8-19(29)9-7-17)26-13-10-20(30)15-24(26)27(22)23-4-2-3-5-25(23)31;1-31-23-17-15-21(16-18-23)28(30)29-19-22-11-5-6-12-24(22)27(20-9-3-2-4-10-20)25-13-7-8-14-26(25)29;1-20-15-17-22(18-16-20)28(30)29-19-23-11-5-6-12-24(23)27(21-9-3-2-4-10-21)25-13-7-8-14-26(25)29/h2*2-15,27H,16H2,1H3;2-18,27H,19H2,1H3;2-18,27H,19H2,1H3. The number of methoxy groups -OCH3 is 3. The van der Waals surface area contributed by atoms with Crippen LogP contribution < -0.4 is 33.8 Å². The number of nitrogens with zero attached hydrogens (tertiary/aromatic N) is 4. The predicted octanol–water partition coefficient (Wildman–Crippen LogP) is 28.4. The van der Waals surface area contributed by atoms with Gasteiger partial charge in [0.25, 0.3) is 23.6 Å². The second kappa shape index (κ2) is 39.4. The van der Waals surface area contributed by atoms with Crippen LogP contribution in [0.1, 0.15) is 160 Å². The van der Waals surface area contributed by atoms with Gasteiger partial charge in [-0.3, -0.25) is 19.2 Å². The lowest BCUT2D eigenvalue weighted by atomic mass is 9.82. The van der Waals surface area contributed by atoms with Crippen LogP contribution in [0.2, 0.25) is 30.1 Å². The van der Waals surface area contributed by atoms with Crippen LogP contribution in [0.25, 0.3) is 0 Å². The Kier molecular flexibility index (Phi) is 26.8. The molecule has 20 rings (SSSR count). The number of fused-ring (bicyclic) bond motifs is 8. The van der Waals surface area contributed by atoms with Gasteiger partial charge in [0.05, 0.1) is 47.5 Å². The van der Waals surface area contributed by atoms with Gasteiger partial charge in [0.2, 0.25) is 0 Å². The van der Waals surface area contributed by atoms with Gasteiger partial charge in [-0.2, -0.15) is 0 Å². The molecular formula is C112H86Cl6N4O7. The van der Waals surface area contributed by atoms with E-state index in [1.54, 1.807) is 85.7 Å². The zero-order valence-electron chi connectivity index (χ0n) is 70.8. The normalized spacial score (nSPS) is 14.8. The van der Waals surface area contributed by atoms with Crippen molar-refractivity contribution in [3.63, 3.8) is 0 Å². The predicted molar refractivity (Wildman–Crippen MR) is 523 cm³/mol. The van der Waals surface area contributed by atoms with E-state index in [1.807, 2.05) is 211 Å². The molecule has 16 aromatic carbocycles. The van der Waals surface area contributed by atoms with Crippen molar-refractivity contribution in [1.29, 1.82) is 0 Å². The molecule has 129 heavy (non-hydrogen) atoms. The summed E-state index contributed by atoms with van der Waals surface area (Å²) in [5, 5.41) is 3.60. The van der Waals surface area contributed by atoms with E-state index >= 15 is 0 Å². The number of rotatable bonds is 11. The van der Waals surface area contributed by atoms with Crippen molar-refractivity contribution in [2.75, 3.05) is 40.9 Å². The number of benzene rings is 16. The molecule has 4 heterocycles. The lowest BCUT2D eigenvalue weighted by Crippen LogP contribution is -2.30. The van der Waals surface area contributed by atoms with Gasteiger partial charge >= 0.3 is 0 Å². The van der Waals surface area contributed by atoms with Crippen molar-refractivity contribution in [3.05, 3.63) is 523 Å². The maximum Gasteiger partial charge on any atom is 0.258 e. The zero-order chi connectivity index (χ0) is 89.3. The minimum atomic E-state index is -0.281. The molecule has 0 bridgehead atoms. The summed E-state index contributed by atoms with van der Waals surface area (Å²) in [5.41, 5.74) is 24.3. The second-order valence-corrected chi connectivity index (χ2v) is 34.3. The Bertz CT molecular complexity index is 6760. The fourth-order valence-corrected chi connectivity index (χ4v) is 19.1. The molecule has 0 fully saturated rings. The minimum absolute atomic E-state index is 0.0152. The number of carbonyl (C=O) groups excluding carboxylic acids is 4. The molecule has 0 N–H and O–H groups in total. The van der Waals surface area contributed by atoms with E-state index in [9.17, 15) is 19.2 Å². The quantitative estimate of drug-likeness (QED) is 0.127. The summed E-state index contributed by atoms with van der Waals surface area (Å²) in [4.78, 5) is 62.2. The van der Waals surface area contributed by atoms with Gasteiger partial charge in [-0.1, -0.05) is 287 Å². The largest absolute Gasteiger partial charge is 0.497 e. The molecule has 4 amide bonds. The minimum Gasteiger partial charge on any atom is -0.497 e. The number of hydrogen-bond donors (Lipinski definition) is 0. The topological polar surface area (TPSA) is 109 Å². The van der Waals surface area contributed by atoms with E-state index in [0.29, 0.717) is 78.6 Å². The van der Waals surface area contributed by atoms with Crippen molar-refractivity contribution < 1.29 is 33.4 Å². The number of para-hydroxylation sites is 2. The van der Waals surface area contributed by atoms with Crippen molar-refractivity contribution in [1.82, 2.24) is 0 Å². The van der Waals surface area contributed by atoms with Crippen LogP contribution >= 0.6 is 69.6 Å². The summed E-state index contributed by atoms with van der Waals surface area (Å²) in [6, 6.07) is 122. The van der Waals surface area contributed by atoms with Crippen molar-refractivity contribution in [2.45, 2.75) is 56.8 Å². The maximum absolute atomic E-state index is 13.8. The molecule has 16 aromatic rings. The number of anilines is 4. The van der Waals surface area contributed by atoms with Gasteiger partial charge in [0.15, 0.2) is 0 Å². The summed E-state index contributed by atoms with van der Waals surface area (Å²) < 4.78 is 16.6. The van der Waals surface area contributed by atoms with Crippen molar-refractivity contribution >= 4 is 116 Å². The molecule has 4 atom stereocenters. The highest BCUT2D eigenvalue weighted by Gasteiger charge is 2.39. The lowest BCUT2D eigenvalue weighted by Gasteiger charge is -2.25. The highest BCUT2D eigenvalue weighted by atomic mass is 35.5. The van der Waals surface area contributed by atoms with Crippen LogP contribution in [-0.2, 0) is 26.2 Å². The number of aryl methyl sites for hydroxylation is 1. The number of halogens is 6. The zero-order valence-corrected chi connectivity index (χ0v) is 75.4. The number of amides is 4. The summed E-state index contributed by atoms with van der Waals surface area (Å²) >= 11 is 38.5. The van der Waals surface area contributed by atoms with Crippen LogP contribution in [0.5, 0.6) is 17.2 Å². The van der Waals surface area contributed by atoms with Crippen LogP contribution in [0.3, 0.4) is 0 Å².